The summed E-state index contributed by atoms with van der Waals surface area (Å²) in [6.07, 6.45) is 0.945. The molecule has 0 radical (unpaired) electrons. The molecule has 0 aromatic carbocycles. The summed E-state index contributed by atoms with van der Waals surface area (Å²) in [6.45, 7) is 0. The number of hydrogen-bond donors (Lipinski definition) is 2. The van der Waals surface area contributed by atoms with Crippen molar-refractivity contribution in [2.45, 2.75) is 24.5 Å². The van der Waals surface area contributed by atoms with Gasteiger partial charge in [-0.1, -0.05) is 0 Å². The van der Waals surface area contributed by atoms with Crippen LogP contribution in [0.15, 0.2) is 0 Å². The predicted molar refractivity (Wildman–Crippen MR) is 41.9 cm³/mol. The zero-order chi connectivity index (χ0) is 9.35. The second-order valence-corrected chi connectivity index (χ2v) is 4.75. The number of amides is 1. The zero-order valence-electron chi connectivity index (χ0n) is 6.43. The minimum atomic E-state index is -3.98. The average Bonchev–Trinajstić information content (AvgIpc) is 2.30. The fraction of sp³-hybridized carbons (Fsp3) is 0.833. The van der Waals surface area contributed by atoms with Crippen LogP contribution in [0.4, 0.5) is 0 Å². The topological polar surface area (TPSA) is 97.5 Å². The molecule has 6 heteroatoms. The van der Waals surface area contributed by atoms with Crippen LogP contribution in [0, 0.1) is 5.92 Å². The van der Waals surface area contributed by atoms with Crippen LogP contribution in [0.5, 0.6) is 0 Å². The average molecular weight is 193 g/mol. The molecule has 12 heavy (non-hydrogen) atoms. The fourth-order valence-corrected chi connectivity index (χ4v) is 2.38. The van der Waals surface area contributed by atoms with E-state index >= 15 is 0 Å². The van der Waals surface area contributed by atoms with Crippen LogP contribution < -0.4 is 5.73 Å². The van der Waals surface area contributed by atoms with Crippen molar-refractivity contribution in [3.05, 3.63) is 0 Å². The molecule has 5 nitrogen and oxygen atoms in total. The minimum Gasteiger partial charge on any atom is -0.369 e. The lowest BCUT2D eigenvalue weighted by Crippen LogP contribution is -2.23. The number of primary amides is 1. The molecule has 2 atom stereocenters. The Morgan fingerprint density at radius 1 is 1.42 bits per heavy atom. The minimum absolute atomic E-state index is 0.161. The number of carbonyl (C=O) groups excluding carboxylic acids is 1. The monoisotopic (exact) mass is 193 g/mol. The van der Waals surface area contributed by atoms with E-state index in [-0.39, 0.29) is 6.42 Å². The van der Waals surface area contributed by atoms with E-state index in [2.05, 4.69) is 0 Å². The van der Waals surface area contributed by atoms with Gasteiger partial charge in [0.2, 0.25) is 5.91 Å². The molecule has 1 amide bonds. The summed E-state index contributed by atoms with van der Waals surface area (Å²) in [7, 11) is -3.98. The largest absolute Gasteiger partial charge is 0.369 e. The Kier molecular flexibility index (Phi) is 2.39. The Hall–Kier alpha value is -0.620. The molecule has 0 aromatic heterocycles. The summed E-state index contributed by atoms with van der Waals surface area (Å²) in [5, 5.41) is -0.796. The molecule has 0 bridgehead atoms. The second-order valence-electron chi connectivity index (χ2n) is 3.05. The zero-order valence-corrected chi connectivity index (χ0v) is 7.25. The number of nitrogens with two attached hydrogens (primary N) is 1. The highest BCUT2D eigenvalue weighted by Crippen LogP contribution is 2.29. The summed E-state index contributed by atoms with van der Waals surface area (Å²) in [4.78, 5) is 10.6. The summed E-state index contributed by atoms with van der Waals surface area (Å²) >= 11 is 0. The number of hydrogen-bond acceptors (Lipinski definition) is 3. The second kappa shape index (κ2) is 3.02. The SMILES string of the molecule is NC(=O)C1CCC(S(=O)(=O)O)C1. The van der Waals surface area contributed by atoms with E-state index in [1.165, 1.54) is 0 Å². The molecule has 1 fully saturated rings. The molecule has 70 valence electrons. The first kappa shape index (κ1) is 9.47. The Morgan fingerprint density at radius 2 is 2.00 bits per heavy atom. The van der Waals surface area contributed by atoms with E-state index in [0.717, 1.165) is 0 Å². The van der Waals surface area contributed by atoms with Crippen LogP contribution in [0.1, 0.15) is 19.3 Å². The van der Waals surface area contributed by atoms with Gasteiger partial charge in [-0.05, 0) is 19.3 Å². The molecule has 3 N–H and O–H groups in total. The highest BCUT2D eigenvalue weighted by Gasteiger charge is 2.35. The van der Waals surface area contributed by atoms with E-state index in [0.29, 0.717) is 12.8 Å². The Bertz CT molecular complexity index is 284. The summed E-state index contributed by atoms with van der Waals surface area (Å²) in [5.41, 5.74) is 4.99. The van der Waals surface area contributed by atoms with Crippen LogP contribution in [-0.2, 0) is 14.9 Å². The Labute approximate surface area is 70.7 Å². The van der Waals surface area contributed by atoms with Crippen molar-refractivity contribution in [3.63, 3.8) is 0 Å². The van der Waals surface area contributed by atoms with Crippen molar-refractivity contribution in [1.29, 1.82) is 0 Å². The van der Waals surface area contributed by atoms with Gasteiger partial charge in [0.15, 0.2) is 0 Å². The molecule has 0 aliphatic heterocycles. The normalized spacial score (nSPS) is 30.4. The summed E-state index contributed by atoms with van der Waals surface area (Å²) in [6, 6.07) is 0. The molecular weight excluding hydrogens is 182 g/mol. The lowest BCUT2D eigenvalue weighted by atomic mass is 10.1. The standard InChI is InChI=1S/C6H11NO4S/c7-6(8)4-1-2-5(3-4)12(9,10)11/h4-5H,1-3H2,(H2,7,8)(H,9,10,11). The van der Waals surface area contributed by atoms with Crippen molar-refractivity contribution >= 4 is 16.0 Å². The Balaban J connectivity index is 2.64. The van der Waals surface area contributed by atoms with Gasteiger partial charge in [-0.2, -0.15) is 8.42 Å². The van der Waals surface area contributed by atoms with Gasteiger partial charge >= 0.3 is 0 Å². The maximum atomic E-state index is 10.6. The van der Waals surface area contributed by atoms with Crippen LogP contribution >= 0.6 is 0 Å². The highest BCUT2D eigenvalue weighted by molar-refractivity contribution is 7.86. The van der Waals surface area contributed by atoms with E-state index in [1.54, 1.807) is 0 Å². The molecule has 1 aliphatic rings. The first-order chi connectivity index (χ1) is 5.41. The lowest BCUT2D eigenvalue weighted by Gasteiger charge is -2.04. The van der Waals surface area contributed by atoms with Crippen LogP contribution in [-0.4, -0.2) is 24.1 Å². The quantitative estimate of drug-likeness (QED) is 0.579. The highest BCUT2D eigenvalue weighted by atomic mass is 32.2. The van der Waals surface area contributed by atoms with Crippen molar-refractivity contribution in [2.24, 2.45) is 11.7 Å². The molecule has 0 heterocycles. The smallest absolute Gasteiger partial charge is 0.267 e. The predicted octanol–water partition coefficient (Wildman–Crippen LogP) is -0.472. The molecule has 0 saturated heterocycles. The summed E-state index contributed by atoms with van der Waals surface area (Å²) in [5.74, 6) is -0.877. The number of rotatable bonds is 2. The van der Waals surface area contributed by atoms with Crippen LogP contribution in [0.2, 0.25) is 0 Å². The molecule has 0 spiro atoms. The summed E-state index contributed by atoms with van der Waals surface area (Å²) < 4.78 is 29.8. The number of carbonyl (C=O) groups is 1. The molecule has 2 unspecified atom stereocenters. The fourth-order valence-electron chi connectivity index (χ4n) is 1.47. The van der Waals surface area contributed by atoms with Gasteiger partial charge in [0, 0.05) is 5.92 Å². The first-order valence-electron chi connectivity index (χ1n) is 3.67. The van der Waals surface area contributed by atoms with Crippen molar-refractivity contribution in [2.75, 3.05) is 0 Å². The van der Waals surface area contributed by atoms with Crippen molar-refractivity contribution < 1.29 is 17.8 Å². The van der Waals surface area contributed by atoms with Crippen LogP contribution in [0.25, 0.3) is 0 Å². The van der Waals surface area contributed by atoms with Crippen molar-refractivity contribution in [3.8, 4) is 0 Å². The molecule has 1 aliphatic carbocycles. The van der Waals surface area contributed by atoms with Gasteiger partial charge in [-0.25, -0.2) is 0 Å². The maximum absolute atomic E-state index is 10.6. The third-order valence-electron chi connectivity index (χ3n) is 2.21. The van der Waals surface area contributed by atoms with E-state index in [4.69, 9.17) is 10.3 Å². The van der Waals surface area contributed by atoms with E-state index in [9.17, 15) is 13.2 Å². The molecule has 1 rings (SSSR count). The van der Waals surface area contributed by atoms with Gasteiger partial charge in [-0.3, -0.25) is 9.35 Å². The lowest BCUT2D eigenvalue weighted by molar-refractivity contribution is -0.121. The van der Waals surface area contributed by atoms with Gasteiger partial charge in [0.25, 0.3) is 10.1 Å². The third kappa shape index (κ3) is 1.95. The van der Waals surface area contributed by atoms with E-state index in [1.807, 2.05) is 0 Å². The van der Waals surface area contributed by atoms with Gasteiger partial charge in [0.05, 0.1) is 5.25 Å². The Morgan fingerprint density at radius 3 is 2.25 bits per heavy atom. The third-order valence-corrected chi connectivity index (χ3v) is 3.48. The molecule has 0 aromatic rings. The molecular formula is C6H11NO4S. The molecule has 1 saturated carbocycles. The maximum Gasteiger partial charge on any atom is 0.267 e. The van der Waals surface area contributed by atoms with Crippen molar-refractivity contribution in [1.82, 2.24) is 0 Å². The van der Waals surface area contributed by atoms with E-state index < -0.39 is 27.2 Å². The first-order valence-corrected chi connectivity index (χ1v) is 5.17. The van der Waals surface area contributed by atoms with Gasteiger partial charge in [0.1, 0.15) is 0 Å². The van der Waals surface area contributed by atoms with Gasteiger partial charge < -0.3 is 5.73 Å². The van der Waals surface area contributed by atoms with Gasteiger partial charge in [-0.15, -0.1) is 0 Å². The van der Waals surface area contributed by atoms with Crippen LogP contribution in [0.3, 0.4) is 0 Å².